The number of fused-ring (bicyclic) bond motifs is 1. The minimum Gasteiger partial charge on any atom is -0.336 e. The van der Waals surface area contributed by atoms with Gasteiger partial charge in [-0.3, -0.25) is 4.79 Å². The molecule has 0 unspecified atom stereocenters. The van der Waals surface area contributed by atoms with E-state index in [2.05, 4.69) is 0 Å². The molecule has 2 aromatic carbocycles. The van der Waals surface area contributed by atoms with Crippen molar-refractivity contribution in [2.75, 3.05) is 26.2 Å². The number of carbonyl (C=O) groups is 1. The van der Waals surface area contributed by atoms with Crippen molar-refractivity contribution >= 4 is 15.9 Å². The Balaban J connectivity index is 1.44. The minimum absolute atomic E-state index is 0.0369. The third-order valence-electron chi connectivity index (χ3n) is 5.49. The Morgan fingerprint density at radius 1 is 0.929 bits per heavy atom. The first-order chi connectivity index (χ1) is 13.5. The van der Waals surface area contributed by atoms with E-state index in [-0.39, 0.29) is 23.9 Å². The van der Waals surface area contributed by atoms with E-state index in [1.54, 1.807) is 4.90 Å². The molecule has 1 aliphatic heterocycles. The fraction of sp³-hybridized carbons (Fsp3) is 0.333. The monoisotopic (exact) mass is 395 g/mol. The normalized spacial score (nSPS) is 17.2. The second-order valence-corrected chi connectivity index (χ2v) is 9.11. The van der Waals surface area contributed by atoms with Crippen molar-refractivity contribution in [1.29, 1.82) is 5.26 Å². The first-order valence-corrected chi connectivity index (χ1v) is 10.8. The van der Waals surface area contributed by atoms with E-state index >= 15 is 0 Å². The van der Waals surface area contributed by atoms with Crippen molar-refractivity contribution in [1.82, 2.24) is 9.21 Å². The Bertz CT molecular complexity index is 1050. The Morgan fingerprint density at radius 3 is 2.29 bits per heavy atom. The molecule has 1 amide bonds. The van der Waals surface area contributed by atoms with Gasteiger partial charge in [-0.1, -0.05) is 6.07 Å². The van der Waals surface area contributed by atoms with Crippen molar-refractivity contribution in [3.8, 4) is 6.07 Å². The lowest BCUT2D eigenvalue weighted by molar-refractivity contribution is 0.0698. The number of sulfonamides is 1. The van der Waals surface area contributed by atoms with Crippen LogP contribution in [0.25, 0.3) is 0 Å². The molecular formula is C21H21N3O3S. The molecule has 1 fully saturated rings. The predicted molar refractivity (Wildman–Crippen MR) is 104 cm³/mol. The van der Waals surface area contributed by atoms with Gasteiger partial charge in [0.2, 0.25) is 10.0 Å². The zero-order chi connectivity index (χ0) is 19.7. The Labute approximate surface area is 165 Å². The van der Waals surface area contributed by atoms with Gasteiger partial charge in [-0.15, -0.1) is 0 Å². The molecule has 2 aromatic rings. The molecule has 0 aromatic heterocycles. The highest BCUT2D eigenvalue weighted by Crippen LogP contribution is 2.24. The van der Waals surface area contributed by atoms with Gasteiger partial charge in [-0.2, -0.15) is 9.57 Å². The summed E-state index contributed by atoms with van der Waals surface area (Å²) in [5.41, 5.74) is 3.69. The van der Waals surface area contributed by atoms with E-state index in [0.29, 0.717) is 24.2 Å². The van der Waals surface area contributed by atoms with E-state index in [4.69, 9.17) is 5.26 Å². The van der Waals surface area contributed by atoms with Crippen LogP contribution in [0.2, 0.25) is 0 Å². The lowest BCUT2D eigenvalue weighted by Crippen LogP contribution is -2.50. The van der Waals surface area contributed by atoms with Crippen LogP contribution in [0.5, 0.6) is 0 Å². The summed E-state index contributed by atoms with van der Waals surface area (Å²) in [5, 5.41) is 8.86. The Kier molecular flexibility index (Phi) is 4.92. The SMILES string of the molecule is N#Cc1ccc(S(=O)(=O)N2CCN(C(=O)c3ccc4c(c3)CCC4)CC2)cc1. The van der Waals surface area contributed by atoms with E-state index in [0.717, 1.165) is 19.3 Å². The highest BCUT2D eigenvalue weighted by Gasteiger charge is 2.30. The van der Waals surface area contributed by atoms with E-state index in [1.807, 2.05) is 24.3 Å². The van der Waals surface area contributed by atoms with Crippen LogP contribution in [-0.4, -0.2) is 49.7 Å². The number of hydrogen-bond acceptors (Lipinski definition) is 4. The third kappa shape index (κ3) is 3.41. The van der Waals surface area contributed by atoms with Crippen LogP contribution in [0, 0.1) is 11.3 Å². The van der Waals surface area contributed by atoms with Crippen molar-refractivity contribution in [3.63, 3.8) is 0 Å². The molecule has 7 heteroatoms. The summed E-state index contributed by atoms with van der Waals surface area (Å²) < 4.78 is 27.0. The van der Waals surface area contributed by atoms with Gasteiger partial charge in [0.1, 0.15) is 0 Å². The minimum atomic E-state index is -3.62. The Morgan fingerprint density at radius 2 is 1.61 bits per heavy atom. The molecule has 0 atom stereocenters. The molecule has 0 N–H and O–H groups in total. The summed E-state index contributed by atoms with van der Waals surface area (Å²) in [6.07, 6.45) is 3.24. The quantitative estimate of drug-likeness (QED) is 0.798. The first kappa shape index (κ1) is 18.7. The molecule has 6 nitrogen and oxygen atoms in total. The van der Waals surface area contributed by atoms with Gasteiger partial charge in [-0.25, -0.2) is 8.42 Å². The van der Waals surface area contributed by atoms with Crippen molar-refractivity contribution in [2.45, 2.75) is 24.2 Å². The van der Waals surface area contributed by atoms with Crippen LogP contribution in [0.3, 0.4) is 0 Å². The molecule has 2 aliphatic rings. The smallest absolute Gasteiger partial charge is 0.253 e. The van der Waals surface area contributed by atoms with Gasteiger partial charge in [0.25, 0.3) is 5.91 Å². The number of benzene rings is 2. The fourth-order valence-corrected chi connectivity index (χ4v) is 5.29. The topological polar surface area (TPSA) is 81.5 Å². The van der Waals surface area contributed by atoms with Crippen molar-refractivity contribution < 1.29 is 13.2 Å². The summed E-state index contributed by atoms with van der Waals surface area (Å²) in [6, 6.07) is 13.8. The molecule has 0 saturated carbocycles. The van der Waals surface area contributed by atoms with Gasteiger partial charge >= 0.3 is 0 Å². The van der Waals surface area contributed by atoms with Crippen molar-refractivity contribution in [2.24, 2.45) is 0 Å². The van der Waals surface area contributed by atoms with Crippen LogP contribution in [0.1, 0.15) is 33.5 Å². The zero-order valence-corrected chi connectivity index (χ0v) is 16.3. The molecule has 0 bridgehead atoms. The summed E-state index contributed by atoms with van der Waals surface area (Å²) in [4.78, 5) is 14.7. The fourth-order valence-electron chi connectivity index (χ4n) is 3.87. The molecule has 28 heavy (non-hydrogen) atoms. The maximum Gasteiger partial charge on any atom is 0.253 e. The summed E-state index contributed by atoms with van der Waals surface area (Å²) >= 11 is 0. The largest absolute Gasteiger partial charge is 0.336 e. The lowest BCUT2D eigenvalue weighted by Gasteiger charge is -2.34. The second kappa shape index (κ2) is 7.38. The van der Waals surface area contributed by atoms with Crippen molar-refractivity contribution in [3.05, 3.63) is 64.7 Å². The summed E-state index contributed by atoms with van der Waals surface area (Å²) in [7, 11) is -3.62. The zero-order valence-electron chi connectivity index (χ0n) is 15.5. The number of hydrogen-bond donors (Lipinski definition) is 0. The number of rotatable bonds is 3. The average Bonchev–Trinajstić information content (AvgIpc) is 3.21. The maximum absolute atomic E-state index is 12.8. The third-order valence-corrected chi connectivity index (χ3v) is 7.41. The van der Waals surface area contributed by atoms with E-state index in [9.17, 15) is 13.2 Å². The Hall–Kier alpha value is -2.69. The average molecular weight is 395 g/mol. The van der Waals surface area contributed by atoms with Gasteiger partial charge in [-0.05, 0) is 66.8 Å². The van der Waals surface area contributed by atoms with Crippen LogP contribution in [0.15, 0.2) is 47.4 Å². The highest BCUT2D eigenvalue weighted by molar-refractivity contribution is 7.89. The standard InChI is InChI=1S/C21H21N3O3S/c22-15-16-4-8-20(9-5-16)28(26,27)24-12-10-23(11-13-24)21(25)19-7-6-17-2-1-3-18(17)14-19/h4-9,14H,1-3,10-13H2. The summed E-state index contributed by atoms with van der Waals surface area (Å²) in [6.45, 7) is 1.26. The van der Waals surface area contributed by atoms with Crippen LogP contribution in [0.4, 0.5) is 0 Å². The predicted octanol–water partition coefficient (Wildman–Crippen LogP) is 2.19. The molecule has 0 spiro atoms. The molecule has 4 rings (SSSR count). The number of aryl methyl sites for hydroxylation is 2. The maximum atomic E-state index is 12.8. The number of carbonyl (C=O) groups excluding carboxylic acids is 1. The number of nitrogens with zero attached hydrogens (tertiary/aromatic N) is 3. The van der Waals surface area contributed by atoms with Crippen LogP contribution >= 0.6 is 0 Å². The lowest BCUT2D eigenvalue weighted by atomic mass is 10.1. The molecule has 1 saturated heterocycles. The second-order valence-electron chi connectivity index (χ2n) is 7.17. The first-order valence-electron chi connectivity index (χ1n) is 9.40. The number of piperazine rings is 1. The van der Waals surface area contributed by atoms with Crippen LogP contribution < -0.4 is 0 Å². The number of nitriles is 1. The molecule has 1 heterocycles. The molecule has 0 radical (unpaired) electrons. The highest BCUT2D eigenvalue weighted by atomic mass is 32.2. The van der Waals surface area contributed by atoms with Gasteiger partial charge in [0.15, 0.2) is 0 Å². The van der Waals surface area contributed by atoms with Gasteiger partial charge in [0, 0.05) is 31.7 Å². The molecule has 1 aliphatic carbocycles. The molecule has 144 valence electrons. The van der Waals surface area contributed by atoms with Gasteiger partial charge < -0.3 is 4.90 Å². The van der Waals surface area contributed by atoms with E-state index in [1.165, 1.54) is 39.7 Å². The van der Waals surface area contributed by atoms with Crippen LogP contribution in [-0.2, 0) is 22.9 Å². The van der Waals surface area contributed by atoms with E-state index < -0.39 is 10.0 Å². The summed E-state index contributed by atoms with van der Waals surface area (Å²) in [5.74, 6) is -0.0369. The number of amides is 1. The molecular weight excluding hydrogens is 374 g/mol. The van der Waals surface area contributed by atoms with Gasteiger partial charge in [0.05, 0.1) is 16.5 Å².